The van der Waals surface area contributed by atoms with Crippen molar-refractivity contribution >= 4 is 39.2 Å². The standard InChI is InChI=1S/C14H19N5OS/c1-3-15-14-18-11(10-6-7-21-13(10)19-14)16-8(2)12(20)17-9-4-5-9/h6-9H,3-5H2,1-2H3,(H,17,20)(H2,15,16,18,19). The summed E-state index contributed by atoms with van der Waals surface area (Å²) in [7, 11) is 0. The third-order valence-corrected chi connectivity index (χ3v) is 4.14. The fourth-order valence-electron chi connectivity index (χ4n) is 2.03. The van der Waals surface area contributed by atoms with Crippen LogP contribution in [0.1, 0.15) is 26.7 Å². The van der Waals surface area contributed by atoms with Crippen molar-refractivity contribution in [1.29, 1.82) is 0 Å². The number of anilines is 2. The number of hydrogen-bond donors (Lipinski definition) is 3. The lowest BCUT2D eigenvalue weighted by Crippen LogP contribution is -2.38. The summed E-state index contributed by atoms with van der Waals surface area (Å²) >= 11 is 1.57. The van der Waals surface area contributed by atoms with Gasteiger partial charge in [-0.3, -0.25) is 4.79 Å². The first kappa shape index (κ1) is 14.1. The van der Waals surface area contributed by atoms with E-state index in [1.165, 1.54) is 0 Å². The summed E-state index contributed by atoms with van der Waals surface area (Å²) in [6.45, 7) is 4.61. The summed E-state index contributed by atoms with van der Waals surface area (Å²) in [5.74, 6) is 1.31. The second-order valence-electron chi connectivity index (χ2n) is 5.21. The highest BCUT2D eigenvalue weighted by molar-refractivity contribution is 7.16. The minimum absolute atomic E-state index is 0.0180. The zero-order valence-corrected chi connectivity index (χ0v) is 13.0. The number of nitrogens with one attached hydrogen (secondary N) is 3. The fraction of sp³-hybridized carbons (Fsp3) is 0.500. The lowest BCUT2D eigenvalue weighted by Gasteiger charge is -2.15. The van der Waals surface area contributed by atoms with Gasteiger partial charge >= 0.3 is 0 Å². The van der Waals surface area contributed by atoms with Crippen molar-refractivity contribution in [3.05, 3.63) is 11.4 Å². The number of nitrogens with zero attached hydrogens (tertiary/aromatic N) is 2. The Kier molecular flexibility index (Phi) is 3.92. The molecular weight excluding hydrogens is 286 g/mol. The van der Waals surface area contributed by atoms with Crippen molar-refractivity contribution in [3.8, 4) is 0 Å². The molecule has 1 fully saturated rings. The van der Waals surface area contributed by atoms with E-state index in [9.17, 15) is 4.79 Å². The van der Waals surface area contributed by atoms with Crippen LogP contribution < -0.4 is 16.0 Å². The predicted octanol–water partition coefficient (Wildman–Crippen LogP) is 2.20. The molecule has 0 radical (unpaired) electrons. The summed E-state index contributed by atoms with van der Waals surface area (Å²) in [5, 5.41) is 12.3. The van der Waals surface area contributed by atoms with Gasteiger partial charge in [0.2, 0.25) is 11.9 Å². The number of carbonyl (C=O) groups is 1. The Bertz CT molecular complexity index is 652. The third kappa shape index (κ3) is 3.24. The average molecular weight is 305 g/mol. The van der Waals surface area contributed by atoms with Crippen LogP contribution >= 0.6 is 11.3 Å². The first-order valence-corrected chi connectivity index (χ1v) is 8.11. The van der Waals surface area contributed by atoms with Gasteiger partial charge in [0.15, 0.2) is 0 Å². The number of amides is 1. The molecule has 0 aromatic carbocycles. The summed E-state index contributed by atoms with van der Waals surface area (Å²) in [4.78, 5) is 21.9. The molecule has 3 rings (SSSR count). The number of hydrogen-bond acceptors (Lipinski definition) is 6. The summed E-state index contributed by atoms with van der Waals surface area (Å²) in [6.07, 6.45) is 2.18. The van der Waals surface area contributed by atoms with Gasteiger partial charge in [0, 0.05) is 12.6 Å². The van der Waals surface area contributed by atoms with Crippen molar-refractivity contribution in [3.63, 3.8) is 0 Å². The minimum Gasteiger partial charge on any atom is -0.358 e. The molecule has 3 N–H and O–H groups in total. The Balaban J connectivity index is 1.80. The van der Waals surface area contributed by atoms with E-state index in [1.54, 1.807) is 11.3 Å². The highest BCUT2D eigenvalue weighted by atomic mass is 32.1. The van der Waals surface area contributed by atoms with Crippen molar-refractivity contribution in [1.82, 2.24) is 15.3 Å². The van der Waals surface area contributed by atoms with Gasteiger partial charge in [0.25, 0.3) is 0 Å². The molecule has 2 heterocycles. The Hall–Kier alpha value is -1.89. The van der Waals surface area contributed by atoms with Crippen molar-refractivity contribution < 1.29 is 4.79 Å². The highest BCUT2D eigenvalue weighted by Crippen LogP contribution is 2.27. The van der Waals surface area contributed by atoms with Crippen LogP contribution in [0, 0.1) is 0 Å². The zero-order valence-electron chi connectivity index (χ0n) is 12.1. The summed E-state index contributed by atoms with van der Waals surface area (Å²) < 4.78 is 0. The van der Waals surface area contributed by atoms with Crippen molar-refractivity contribution in [2.75, 3.05) is 17.2 Å². The van der Waals surface area contributed by atoms with Gasteiger partial charge in [0.05, 0.1) is 5.39 Å². The molecule has 0 saturated heterocycles. The molecular formula is C14H19N5OS. The van der Waals surface area contributed by atoms with Gasteiger partial charge in [0.1, 0.15) is 16.7 Å². The van der Waals surface area contributed by atoms with E-state index < -0.39 is 0 Å². The average Bonchev–Trinajstić information content (AvgIpc) is 3.13. The number of rotatable bonds is 6. The van der Waals surface area contributed by atoms with Crippen LogP contribution in [-0.4, -0.2) is 34.5 Å². The van der Waals surface area contributed by atoms with Gasteiger partial charge in [-0.25, -0.2) is 4.98 Å². The van der Waals surface area contributed by atoms with Crippen LogP contribution in [0.3, 0.4) is 0 Å². The number of fused-ring (bicyclic) bond motifs is 1. The van der Waals surface area contributed by atoms with Crippen molar-refractivity contribution in [2.45, 2.75) is 38.8 Å². The second kappa shape index (κ2) is 5.85. The molecule has 1 saturated carbocycles. The first-order valence-electron chi connectivity index (χ1n) is 7.23. The lowest BCUT2D eigenvalue weighted by molar-refractivity contribution is -0.121. The maximum atomic E-state index is 12.1. The molecule has 6 nitrogen and oxygen atoms in total. The van der Waals surface area contributed by atoms with Crippen molar-refractivity contribution in [2.24, 2.45) is 0 Å². The largest absolute Gasteiger partial charge is 0.358 e. The zero-order chi connectivity index (χ0) is 14.8. The van der Waals surface area contributed by atoms with Crippen LogP contribution in [0.15, 0.2) is 11.4 Å². The maximum Gasteiger partial charge on any atom is 0.242 e. The fourth-order valence-corrected chi connectivity index (χ4v) is 2.79. The van der Waals surface area contributed by atoms with E-state index in [2.05, 4.69) is 25.9 Å². The Labute approximate surface area is 127 Å². The molecule has 1 amide bonds. The Morgan fingerprint density at radius 3 is 3.00 bits per heavy atom. The van der Waals surface area contributed by atoms with E-state index in [0.29, 0.717) is 17.8 Å². The molecule has 2 aromatic rings. The molecule has 0 aliphatic heterocycles. The lowest BCUT2D eigenvalue weighted by atomic mass is 10.3. The topological polar surface area (TPSA) is 78.9 Å². The third-order valence-electron chi connectivity index (χ3n) is 3.33. The van der Waals surface area contributed by atoms with Gasteiger partial charge < -0.3 is 16.0 Å². The van der Waals surface area contributed by atoms with E-state index >= 15 is 0 Å². The molecule has 0 spiro atoms. The normalized spacial score (nSPS) is 15.7. The number of thiophene rings is 1. The number of carbonyl (C=O) groups excluding carboxylic acids is 1. The van der Waals surface area contributed by atoms with E-state index in [-0.39, 0.29) is 11.9 Å². The monoisotopic (exact) mass is 305 g/mol. The van der Waals surface area contributed by atoms with Crippen LogP contribution in [0.4, 0.5) is 11.8 Å². The SMILES string of the molecule is CCNc1nc(NC(C)C(=O)NC2CC2)c2ccsc2n1. The molecule has 7 heteroatoms. The summed E-state index contributed by atoms with van der Waals surface area (Å²) in [6, 6.07) is 2.02. The van der Waals surface area contributed by atoms with E-state index in [1.807, 2.05) is 25.3 Å². The molecule has 1 unspecified atom stereocenters. The molecule has 0 bridgehead atoms. The predicted molar refractivity (Wildman–Crippen MR) is 85.8 cm³/mol. The molecule has 1 aliphatic carbocycles. The molecule has 2 aromatic heterocycles. The highest BCUT2D eigenvalue weighted by Gasteiger charge is 2.26. The Morgan fingerprint density at radius 1 is 1.48 bits per heavy atom. The quantitative estimate of drug-likeness (QED) is 0.762. The molecule has 21 heavy (non-hydrogen) atoms. The van der Waals surface area contributed by atoms with Gasteiger partial charge in [-0.15, -0.1) is 11.3 Å². The van der Waals surface area contributed by atoms with Crippen LogP contribution in [0.5, 0.6) is 0 Å². The van der Waals surface area contributed by atoms with E-state index in [0.717, 1.165) is 29.6 Å². The van der Waals surface area contributed by atoms with Gasteiger partial charge in [-0.1, -0.05) is 0 Å². The molecule has 1 aliphatic rings. The van der Waals surface area contributed by atoms with Crippen LogP contribution in [0.25, 0.3) is 10.2 Å². The molecule has 112 valence electrons. The van der Waals surface area contributed by atoms with Crippen LogP contribution in [0.2, 0.25) is 0 Å². The molecule has 1 atom stereocenters. The smallest absolute Gasteiger partial charge is 0.242 e. The second-order valence-corrected chi connectivity index (χ2v) is 6.11. The number of aromatic nitrogens is 2. The van der Waals surface area contributed by atoms with E-state index in [4.69, 9.17) is 0 Å². The Morgan fingerprint density at radius 2 is 2.29 bits per heavy atom. The van der Waals surface area contributed by atoms with Gasteiger partial charge in [-0.2, -0.15) is 4.98 Å². The maximum absolute atomic E-state index is 12.1. The summed E-state index contributed by atoms with van der Waals surface area (Å²) in [5.41, 5.74) is 0. The van der Waals surface area contributed by atoms with Crippen LogP contribution in [-0.2, 0) is 4.79 Å². The van der Waals surface area contributed by atoms with Gasteiger partial charge in [-0.05, 0) is 38.1 Å². The first-order chi connectivity index (χ1) is 10.2. The minimum atomic E-state index is -0.321.